The van der Waals surface area contributed by atoms with Gasteiger partial charge in [-0.3, -0.25) is 4.68 Å². The third kappa shape index (κ3) is 3.12. The van der Waals surface area contributed by atoms with Gasteiger partial charge in [0.1, 0.15) is 0 Å². The molecule has 2 rings (SSSR count). The molecule has 1 heterocycles. The number of rotatable bonds is 4. The summed E-state index contributed by atoms with van der Waals surface area (Å²) in [7, 11) is 1.94. The molecule has 1 aromatic heterocycles. The van der Waals surface area contributed by atoms with E-state index in [0.717, 1.165) is 29.4 Å². The molecule has 18 heavy (non-hydrogen) atoms. The summed E-state index contributed by atoms with van der Waals surface area (Å²) >= 11 is 6.10. The summed E-state index contributed by atoms with van der Waals surface area (Å²) < 4.78 is 1.84. The summed E-state index contributed by atoms with van der Waals surface area (Å²) in [5.41, 5.74) is 4.62. The van der Waals surface area contributed by atoms with Crippen LogP contribution in [0.3, 0.4) is 0 Å². The van der Waals surface area contributed by atoms with Crippen molar-refractivity contribution in [1.29, 1.82) is 0 Å². The number of hydrogen-bond donors (Lipinski definition) is 1. The molecule has 4 heteroatoms. The van der Waals surface area contributed by atoms with Crippen LogP contribution in [0.1, 0.15) is 22.4 Å². The number of halogens is 1. The Hall–Kier alpha value is -1.32. The Morgan fingerprint density at radius 2 is 2.06 bits per heavy atom. The average Bonchev–Trinajstić information content (AvgIpc) is 2.63. The molecular weight excluding hydrogens is 246 g/mol. The fourth-order valence-corrected chi connectivity index (χ4v) is 2.11. The molecule has 0 atom stereocenters. The van der Waals surface area contributed by atoms with Crippen molar-refractivity contribution in [2.45, 2.75) is 26.9 Å². The Labute approximate surface area is 113 Å². The van der Waals surface area contributed by atoms with Crippen LogP contribution in [0.5, 0.6) is 0 Å². The van der Waals surface area contributed by atoms with E-state index in [-0.39, 0.29) is 0 Å². The summed E-state index contributed by atoms with van der Waals surface area (Å²) in [5, 5.41) is 8.55. The zero-order chi connectivity index (χ0) is 13.1. The number of nitrogens with one attached hydrogen (secondary N) is 1. The van der Waals surface area contributed by atoms with Gasteiger partial charge in [0.25, 0.3) is 0 Å². The van der Waals surface area contributed by atoms with Crippen molar-refractivity contribution in [2.24, 2.45) is 7.05 Å². The van der Waals surface area contributed by atoms with E-state index in [1.54, 1.807) is 0 Å². The first-order valence-corrected chi connectivity index (χ1v) is 6.39. The van der Waals surface area contributed by atoms with Crippen LogP contribution < -0.4 is 5.32 Å². The van der Waals surface area contributed by atoms with Crippen molar-refractivity contribution in [3.63, 3.8) is 0 Å². The minimum absolute atomic E-state index is 0.814. The standard InChI is InChI=1S/C14H18ClN3/c1-10-4-5-12(6-14(10)15)7-16-8-13-9-18(3)17-11(13)2/h4-6,9,16H,7-8H2,1-3H3. The van der Waals surface area contributed by atoms with E-state index in [1.165, 1.54) is 11.1 Å². The van der Waals surface area contributed by atoms with Gasteiger partial charge in [0.2, 0.25) is 0 Å². The van der Waals surface area contributed by atoms with Crippen LogP contribution >= 0.6 is 11.6 Å². The van der Waals surface area contributed by atoms with E-state index >= 15 is 0 Å². The predicted octanol–water partition coefficient (Wildman–Crippen LogP) is 2.98. The molecule has 0 unspecified atom stereocenters. The van der Waals surface area contributed by atoms with Crippen LogP contribution in [0.4, 0.5) is 0 Å². The van der Waals surface area contributed by atoms with Crippen LogP contribution in [0, 0.1) is 13.8 Å². The summed E-state index contributed by atoms with van der Waals surface area (Å²) in [4.78, 5) is 0. The Morgan fingerprint density at radius 3 is 2.67 bits per heavy atom. The predicted molar refractivity (Wildman–Crippen MR) is 74.7 cm³/mol. The molecule has 0 radical (unpaired) electrons. The quantitative estimate of drug-likeness (QED) is 0.919. The monoisotopic (exact) mass is 263 g/mol. The van der Waals surface area contributed by atoms with E-state index in [2.05, 4.69) is 22.5 Å². The molecule has 0 fully saturated rings. The zero-order valence-electron chi connectivity index (χ0n) is 11.0. The van der Waals surface area contributed by atoms with Crippen molar-refractivity contribution in [3.05, 3.63) is 51.8 Å². The smallest absolute Gasteiger partial charge is 0.0638 e. The molecule has 0 bridgehead atoms. The van der Waals surface area contributed by atoms with Crippen LogP contribution in [0.2, 0.25) is 5.02 Å². The minimum atomic E-state index is 0.814. The van der Waals surface area contributed by atoms with Gasteiger partial charge in [0.05, 0.1) is 5.69 Å². The summed E-state index contributed by atoms with van der Waals surface area (Å²) in [6, 6.07) is 6.17. The fraction of sp³-hybridized carbons (Fsp3) is 0.357. The van der Waals surface area contributed by atoms with Crippen LogP contribution in [0.15, 0.2) is 24.4 Å². The Kier molecular flexibility index (Phi) is 4.04. The van der Waals surface area contributed by atoms with E-state index < -0.39 is 0 Å². The third-order valence-corrected chi connectivity index (χ3v) is 3.40. The molecule has 0 aliphatic carbocycles. The Morgan fingerprint density at radius 1 is 1.28 bits per heavy atom. The molecule has 0 aliphatic heterocycles. The second-order valence-electron chi connectivity index (χ2n) is 4.60. The van der Waals surface area contributed by atoms with Crippen molar-refractivity contribution in [2.75, 3.05) is 0 Å². The molecule has 0 aliphatic rings. The van der Waals surface area contributed by atoms with Gasteiger partial charge in [0.15, 0.2) is 0 Å². The molecule has 0 amide bonds. The molecule has 0 saturated carbocycles. The van der Waals surface area contributed by atoms with Gasteiger partial charge in [-0.15, -0.1) is 0 Å². The van der Waals surface area contributed by atoms with Crippen molar-refractivity contribution >= 4 is 11.6 Å². The molecule has 0 saturated heterocycles. The lowest BCUT2D eigenvalue weighted by Crippen LogP contribution is -2.13. The van der Waals surface area contributed by atoms with E-state index in [9.17, 15) is 0 Å². The largest absolute Gasteiger partial charge is 0.308 e. The van der Waals surface area contributed by atoms with Gasteiger partial charge >= 0.3 is 0 Å². The van der Waals surface area contributed by atoms with Crippen LogP contribution in [0.25, 0.3) is 0 Å². The van der Waals surface area contributed by atoms with Gasteiger partial charge < -0.3 is 5.32 Å². The second kappa shape index (κ2) is 5.55. The van der Waals surface area contributed by atoms with Gasteiger partial charge in [-0.2, -0.15) is 5.10 Å². The van der Waals surface area contributed by atoms with Crippen LogP contribution in [-0.4, -0.2) is 9.78 Å². The van der Waals surface area contributed by atoms with Crippen LogP contribution in [-0.2, 0) is 20.1 Å². The maximum Gasteiger partial charge on any atom is 0.0638 e. The third-order valence-electron chi connectivity index (χ3n) is 3.00. The van der Waals surface area contributed by atoms with Gasteiger partial charge in [0, 0.05) is 36.9 Å². The van der Waals surface area contributed by atoms with E-state index in [0.29, 0.717) is 0 Å². The highest BCUT2D eigenvalue weighted by Gasteiger charge is 2.03. The van der Waals surface area contributed by atoms with E-state index in [1.807, 2.05) is 37.8 Å². The summed E-state index contributed by atoms with van der Waals surface area (Å²) in [6.07, 6.45) is 2.05. The molecule has 3 nitrogen and oxygen atoms in total. The zero-order valence-corrected chi connectivity index (χ0v) is 11.8. The number of benzene rings is 1. The molecule has 0 spiro atoms. The molecule has 96 valence electrons. The summed E-state index contributed by atoms with van der Waals surface area (Å²) in [6.45, 7) is 5.68. The van der Waals surface area contributed by atoms with Crippen molar-refractivity contribution in [1.82, 2.24) is 15.1 Å². The Balaban J connectivity index is 1.92. The van der Waals surface area contributed by atoms with Crippen molar-refractivity contribution < 1.29 is 0 Å². The fourth-order valence-electron chi connectivity index (χ4n) is 1.91. The lowest BCUT2D eigenvalue weighted by atomic mass is 10.1. The maximum absolute atomic E-state index is 6.10. The first-order chi connectivity index (χ1) is 8.56. The number of aryl methyl sites for hydroxylation is 3. The number of aromatic nitrogens is 2. The first-order valence-electron chi connectivity index (χ1n) is 6.01. The first kappa shape index (κ1) is 13.1. The lowest BCUT2D eigenvalue weighted by Gasteiger charge is -2.06. The average molecular weight is 264 g/mol. The molecule has 1 aromatic carbocycles. The van der Waals surface area contributed by atoms with Gasteiger partial charge in [-0.25, -0.2) is 0 Å². The van der Waals surface area contributed by atoms with Gasteiger partial charge in [-0.05, 0) is 31.0 Å². The highest BCUT2D eigenvalue weighted by atomic mass is 35.5. The number of nitrogens with zero attached hydrogens (tertiary/aromatic N) is 2. The SMILES string of the molecule is Cc1ccc(CNCc2cn(C)nc2C)cc1Cl. The van der Waals surface area contributed by atoms with Gasteiger partial charge in [-0.1, -0.05) is 23.7 Å². The number of hydrogen-bond acceptors (Lipinski definition) is 2. The maximum atomic E-state index is 6.10. The molecule has 2 aromatic rings. The minimum Gasteiger partial charge on any atom is -0.308 e. The van der Waals surface area contributed by atoms with Crippen molar-refractivity contribution in [3.8, 4) is 0 Å². The summed E-state index contributed by atoms with van der Waals surface area (Å²) in [5.74, 6) is 0. The topological polar surface area (TPSA) is 29.9 Å². The lowest BCUT2D eigenvalue weighted by molar-refractivity contribution is 0.690. The molecule has 1 N–H and O–H groups in total. The van der Waals surface area contributed by atoms with E-state index in [4.69, 9.17) is 11.6 Å². The normalized spacial score (nSPS) is 10.9. The Bertz CT molecular complexity index is 546. The highest BCUT2D eigenvalue weighted by Crippen LogP contribution is 2.16. The highest BCUT2D eigenvalue weighted by molar-refractivity contribution is 6.31. The second-order valence-corrected chi connectivity index (χ2v) is 5.01. The molecular formula is C14H18ClN3.